The van der Waals surface area contributed by atoms with Crippen molar-refractivity contribution in [3.05, 3.63) is 10.7 Å². The van der Waals surface area contributed by atoms with Crippen molar-refractivity contribution in [1.82, 2.24) is 9.97 Å². The van der Waals surface area contributed by atoms with Crippen molar-refractivity contribution in [2.24, 2.45) is 0 Å². The third-order valence-corrected chi connectivity index (χ3v) is 4.36. The van der Waals surface area contributed by atoms with Crippen LogP contribution >= 0.6 is 11.6 Å². The van der Waals surface area contributed by atoms with Gasteiger partial charge in [0.15, 0.2) is 11.0 Å². The number of hydrogen-bond donors (Lipinski definition) is 1. The van der Waals surface area contributed by atoms with Gasteiger partial charge in [0.2, 0.25) is 15.0 Å². The minimum Gasteiger partial charge on any atom is -0.388 e. The van der Waals surface area contributed by atoms with E-state index >= 15 is 0 Å². The highest BCUT2D eigenvalue weighted by Gasteiger charge is 2.32. The van der Waals surface area contributed by atoms with Gasteiger partial charge >= 0.3 is 0 Å². The number of β-amino-alcohol motifs (C(OH)–C–C–N with tert-alkyl or cyclic N) is 1. The molecule has 0 radical (unpaired) electrons. The molecule has 2 rings (SSSR count). The second-order valence-corrected chi connectivity index (χ2v) is 7.67. The number of nitriles is 1. The molecule has 7 nitrogen and oxygen atoms in total. The van der Waals surface area contributed by atoms with Gasteiger partial charge in [-0.25, -0.2) is 13.4 Å². The highest BCUT2D eigenvalue weighted by Crippen LogP contribution is 2.30. The second-order valence-electron chi connectivity index (χ2n) is 5.40. The van der Waals surface area contributed by atoms with Gasteiger partial charge in [-0.05, 0) is 19.8 Å². The molecule has 1 atom stereocenters. The quantitative estimate of drug-likeness (QED) is 0.630. The van der Waals surface area contributed by atoms with Gasteiger partial charge in [0.1, 0.15) is 11.6 Å². The lowest BCUT2D eigenvalue weighted by molar-refractivity contribution is 0.0446. The topological polar surface area (TPSA) is 107 Å². The van der Waals surface area contributed by atoms with Crippen LogP contribution in [0.15, 0.2) is 5.16 Å². The summed E-state index contributed by atoms with van der Waals surface area (Å²) in [7, 11) is -3.65. The predicted octanol–water partition coefficient (Wildman–Crippen LogP) is 0.756. The van der Waals surface area contributed by atoms with Crippen LogP contribution in [0.2, 0.25) is 5.15 Å². The number of halogens is 1. The van der Waals surface area contributed by atoms with E-state index in [1.54, 1.807) is 11.8 Å². The van der Waals surface area contributed by atoms with Crippen LogP contribution < -0.4 is 4.90 Å². The molecule has 1 aromatic rings. The SMILES string of the molecule is C[C@@]1(O)CCCN(c2nc(S(C)(=O)=O)nc(Cl)c2C#N)C1. The number of aliphatic hydroxyl groups is 1. The molecule has 1 aliphatic rings. The van der Waals surface area contributed by atoms with Gasteiger partial charge in [0, 0.05) is 19.3 Å². The molecule has 0 aliphatic carbocycles. The Kier molecular flexibility index (Phi) is 4.10. The zero-order valence-electron chi connectivity index (χ0n) is 11.7. The molecule has 2 heterocycles. The molecule has 0 aromatic carbocycles. The summed E-state index contributed by atoms with van der Waals surface area (Å²) in [6.45, 7) is 2.49. The lowest BCUT2D eigenvalue weighted by Crippen LogP contribution is -2.46. The fourth-order valence-corrected chi connectivity index (χ4v) is 3.06. The number of anilines is 1. The number of hydrogen-bond acceptors (Lipinski definition) is 7. The normalized spacial score (nSPS) is 22.9. The first-order chi connectivity index (χ1) is 9.64. The van der Waals surface area contributed by atoms with Gasteiger partial charge < -0.3 is 10.0 Å². The molecule has 114 valence electrons. The van der Waals surface area contributed by atoms with E-state index in [9.17, 15) is 18.8 Å². The maximum absolute atomic E-state index is 11.6. The Morgan fingerprint density at radius 1 is 1.48 bits per heavy atom. The monoisotopic (exact) mass is 330 g/mol. The zero-order valence-corrected chi connectivity index (χ0v) is 13.2. The third-order valence-electron chi connectivity index (χ3n) is 3.24. The molecule has 1 fully saturated rings. The van der Waals surface area contributed by atoms with Gasteiger partial charge in [-0.2, -0.15) is 10.2 Å². The molecule has 21 heavy (non-hydrogen) atoms. The summed E-state index contributed by atoms with van der Waals surface area (Å²) in [6, 6.07) is 1.89. The van der Waals surface area contributed by atoms with E-state index in [-0.39, 0.29) is 23.1 Å². The van der Waals surface area contributed by atoms with Crippen LogP contribution in [-0.4, -0.2) is 48.4 Å². The Hall–Kier alpha value is -1.43. The second kappa shape index (κ2) is 5.40. The lowest BCUT2D eigenvalue weighted by atomic mass is 9.95. The van der Waals surface area contributed by atoms with Crippen molar-refractivity contribution in [2.75, 3.05) is 24.2 Å². The first-order valence-corrected chi connectivity index (χ1v) is 8.56. The number of rotatable bonds is 2. The van der Waals surface area contributed by atoms with Crippen LogP contribution in [0, 0.1) is 11.3 Å². The van der Waals surface area contributed by atoms with Crippen molar-refractivity contribution in [3.63, 3.8) is 0 Å². The first kappa shape index (κ1) is 15.9. The van der Waals surface area contributed by atoms with E-state index < -0.39 is 20.6 Å². The van der Waals surface area contributed by atoms with Crippen molar-refractivity contribution in [1.29, 1.82) is 5.26 Å². The highest BCUT2D eigenvalue weighted by molar-refractivity contribution is 7.90. The maximum atomic E-state index is 11.6. The number of sulfone groups is 1. The van der Waals surface area contributed by atoms with Crippen LogP contribution in [0.25, 0.3) is 0 Å². The zero-order chi connectivity index (χ0) is 15.8. The molecule has 0 amide bonds. The molecule has 1 N–H and O–H groups in total. The van der Waals surface area contributed by atoms with Crippen LogP contribution in [0.5, 0.6) is 0 Å². The summed E-state index contributed by atoms with van der Waals surface area (Å²) >= 11 is 5.90. The molecule has 0 saturated carbocycles. The van der Waals surface area contributed by atoms with E-state index in [4.69, 9.17) is 11.6 Å². The summed E-state index contributed by atoms with van der Waals surface area (Å²) in [5, 5.41) is 18.7. The Bertz CT molecular complexity index is 712. The van der Waals surface area contributed by atoms with E-state index in [1.807, 2.05) is 6.07 Å². The number of piperidine rings is 1. The molecule has 1 aliphatic heterocycles. The van der Waals surface area contributed by atoms with E-state index in [0.29, 0.717) is 19.4 Å². The Labute approximate surface area is 128 Å². The summed E-state index contributed by atoms with van der Waals surface area (Å²) in [6.07, 6.45) is 2.30. The highest BCUT2D eigenvalue weighted by atomic mass is 35.5. The predicted molar refractivity (Wildman–Crippen MR) is 76.9 cm³/mol. The van der Waals surface area contributed by atoms with Crippen LogP contribution in [0.3, 0.4) is 0 Å². The molecule has 9 heteroatoms. The smallest absolute Gasteiger partial charge is 0.250 e. The lowest BCUT2D eigenvalue weighted by Gasteiger charge is -2.37. The van der Waals surface area contributed by atoms with Crippen molar-refractivity contribution in [3.8, 4) is 6.07 Å². The Morgan fingerprint density at radius 2 is 2.14 bits per heavy atom. The van der Waals surface area contributed by atoms with E-state index in [2.05, 4.69) is 9.97 Å². The molecule has 1 aromatic heterocycles. The van der Waals surface area contributed by atoms with E-state index in [0.717, 1.165) is 6.26 Å². The molecular weight excluding hydrogens is 316 g/mol. The summed E-state index contributed by atoms with van der Waals surface area (Å²) in [5.41, 5.74) is -0.907. The van der Waals surface area contributed by atoms with Crippen LogP contribution in [0.1, 0.15) is 25.3 Å². The molecular formula is C12H15ClN4O3S. The van der Waals surface area contributed by atoms with Gasteiger partial charge in [-0.15, -0.1) is 0 Å². The van der Waals surface area contributed by atoms with Crippen LogP contribution in [0.4, 0.5) is 5.82 Å². The molecule has 1 saturated heterocycles. The summed E-state index contributed by atoms with van der Waals surface area (Å²) in [5.74, 6) is 0.151. The fourth-order valence-electron chi connectivity index (χ4n) is 2.30. The Morgan fingerprint density at radius 3 is 2.67 bits per heavy atom. The van der Waals surface area contributed by atoms with E-state index in [1.165, 1.54) is 0 Å². The third kappa shape index (κ3) is 3.43. The van der Waals surface area contributed by atoms with Crippen LogP contribution in [-0.2, 0) is 9.84 Å². The fraction of sp³-hybridized carbons (Fsp3) is 0.583. The number of aromatic nitrogens is 2. The van der Waals surface area contributed by atoms with Gasteiger partial charge in [0.05, 0.1) is 5.60 Å². The minimum absolute atomic E-state index is 0.0155. The van der Waals surface area contributed by atoms with Gasteiger partial charge in [-0.3, -0.25) is 0 Å². The number of nitrogens with zero attached hydrogens (tertiary/aromatic N) is 4. The first-order valence-electron chi connectivity index (χ1n) is 6.29. The van der Waals surface area contributed by atoms with Gasteiger partial charge in [-0.1, -0.05) is 11.6 Å². The van der Waals surface area contributed by atoms with Gasteiger partial charge in [0.25, 0.3) is 0 Å². The van der Waals surface area contributed by atoms with Crippen molar-refractivity contribution in [2.45, 2.75) is 30.5 Å². The largest absolute Gasteiger partial charge is 0.388 e. The standard InChI is InChI=1S/C12H15ClN4O3S/c1-12(18)4-3-5-17(7-12)10-8(6-14)9(13)15-11(16-10)21(2,19)20/h18H,3-5,7H2,1-2H3/t12-/m1/s1. The van der Waals surface area contributed by atoms with Crippen molar-refractivity contribution >= 4 is 27.3 Å². The minimum atomic E-state index is -3.65. The Balaban J connectivity index is 2.56. The average molecular weight is 331 g/mol. The summed E-state index contributed by atoms with van der Waals surface area (Å²) < 4.78 is 23.2. The summed E-state index contributed by atoms with van der Waals surface area (Å²) in [4.78, 5) is 9.31. The maximum Gasteiger partial charge on any atom is 0.250 e. The molecule has 0 unspecified atom stereocenters. The van der Waals surface area contributed by atoms with Crippen molar-refractivity contribution < 1.29 is 13.5 Å². The molecule has 0 spiro atoms. The average Bonchev–Trinajstić information content (AvgIpc) is 2.35. The molecule has 0 bridgehead atoms.